The third-order valence-corrected chi connectivity index (χ3v) is 5.13. The van der Waals surface area contributed by atoms with Crippen LogP contribution in [-0.4, -0.2) is 39.9 Å². The van der Waals surface area contributed by atoms with Crippen LogP contribution in [0.4, 0.5) is 5.69 Å². The predicted molar refractivity (Wildman–Crippen MR) is 100 cm³/mol. The Kier molecular flexibility index (Phi) is 6.07. The zero-order chi connectivity index (χ0) is 17.9. The molecule has 1 N–H and O–H groups in total. The summed E-state index contributed by atoms with van der Waals surface area (Å²) in [6.07, 6.45) is 2.07. The maximum Gasteiger partial charge on any atom is 0.241 e. The first-order valence-electron chi connectivity index (χ1n) is 7.97. The van der Waals surface area contributed by atoms with Crippen LogP contribution in [0.5, 0.6) is 0 Å². The van der Waals surface area contributed by atoms with Crippen LogP contribution >= 0.6 is 11.8 Å². The number of thioether (sulfide) groups is 1. The van der Waals surface area contributed by atoms with Gasteiger partial charge in [0.2, 0.25) is 5.91 Å². The van der Waals surface area contributed by atoms with Crippen LogP contribution in [0.25, 0.3) is 0 Å². The molecule has 1 atom stereocenters. The quantitative estimate of drug-likeness (QED) is 0.816. The van der Waals surface area contributed by atoms with Crippen molar-refractivity contribution < 1.29 is 4.79 Å². The van der Waals surface area contributed by atoms with Crippen molar-refractivity contribution in [2.45, 2.75) is 38.3 Å². The van der Waals surface area contributed by atoms with Crippen LogP contribution in [0.2, 0.25) is 0 Å². The Balaban J connectivity index is 2.01. The van der Waals surface area contributed by atoms with E-state index in [1.807, 2.05) is 39.8 Å². The molecule has 1 aromatic heterocycles. The van der Waals surface area contributed by atoms with Crippen molar-refractivity contribution in [2.24, 2.45) is 7.05 Å². The van der Waals surface area contributed by atoms with Gasteiger partial charge in [0.1, 0.15) is 0 Å². The summed E-state index contributed by atoms with van der Waals surface area (Å²) in [6, 6.07) is 8.22. The van der Waals surface area contributed by atoms with Crippen molar-refractivity contribution in [1.82, 2.24) is 14.7 Å². The fourth-order valence-corrected chi connectivity index (χ4v) is 2.95. The molecule has 2 rings (SSSR count). The summed E-state index contributed by atoms with van der Waals surface area (Å²) in [5.41, 5.74) is 3.81. The highest BCUT2D eigenvalue weighted by Gasteiger charge is 2.21. The third-order valence-electron chi connectivity index (χ3n) is 4.39. The van der Waals surface area contributed by atoms with Crippen molar-refractivity contribution in [1.29, 1.82) is 0 Å². The zero-order valence-electron chi connectivity index (χ0n) is 15.3. The first-order valence-corrected chi connectivity index (χ1v) is 9.20. The SMILES string of the molecule is CSc1ccc(CN(C)C(C)C(=O)Nc2c(C)nn(C)c2C)cc1. The van der Waals surface area contributed by atoms with Gasteiger partial charge < -0.3 is 5.32 Å². The number of nitrogens with one attached hydrogen (secondary N) is 1. The van der Waals surface area contributed by atoms with E-state index in [9.17, 15) is 4.79 Å². The average molecular weight is 347 g/mol. The Morgan fingerprint density at radius 2 is 1.96 bits per heavy atom. The summed E-state index contributed by atoms with van der Waals surface area (Å²) in [7, 11) is 3.85. The molecule has 6 heteroatoms. The molecular formula is C18H26N4OS. The first kappa shape index (κ1) is 18.5. The number of hydrogen-bond acceptors (Lipinski definition) is 4. The van der Waals surface area contributed by atoms with Crippen LogP contribution in [-0.2, 0) is 18.4 Å². The van der Waals surface area contributed by atoms with E-state index in [4.69, 9.17) is 0 Å². The topological polar surface area (TPSA) is 50.2 Å². The summed E-state index contributed by atoms with van der Waals surface area (Å²) >= 11 is 1.73. The number of anilines is 1. The number of nitrogens with zero attached hydrogens (tertiary/aromatic N) is 3. The fraction of sp³-hybridized carbons (Fsp3) is 0.444. The van der Waals surface area contributed by atoms with Crippen molar-refractivity contribution in [2.75, 3.05) is 18.6 Å². The molecule has 0 aliphatic carbocycles. The Labute approximate surface area is 148 Å². The van der Waals surface area contributed by atoms with Crippen LogP contribution in [0.3, 0.4) is 0 Å². The molecule has 0 saturated carbocycles. The predicted octanol–water partition coefficient (Wildman–Crippen LogP) is 3.22. The van der Waals surface area contributed by atoms with Crippen LogP contribution in [0.15, 0.2) is 29.2 Å². The van der Waals surface area contributed by atoms with Gasteiger partial charge in [-0.1, -0.05) is 12.1 Å². The van der Waals surface area contributed by atoms with Crippen LogP contribution in [0.1, 0.15) is 23.9 Å². The Morgan fingerprint density at radius 1 is 1.33 bits per heavy atom. The van der Waals surface area contributed by atoms with E-state index < -0.39 is 0 Å². The fourth-order valence-electron chi connectivity index (χ4n) is 2.54. The standard InChI is InChI=1S/C18H26N4OS/c1-12-17(13(2)22(5)20-12)19-18(23)14(3)21(4)11-15-7-9-16(24-6)10-8-15/h7-10,14H,11H2,1-6H3,(H,19,23). The van der Waals surface area contributed by atoms with Gasteiger partial charge in [-0.25, -0.2) is 0 Å². The number of aromatic nitrogens is 2. The number of hydrogen-bond donors (Lipinski definition) is 1. The molecule has 0 aliphatic rings. The Hall–Kier alpha value is -1.79. The molecule has 0 fully saturated rings. The van der Waals surface area contributed by atoms with Crippen molar-refractivity contribution in [3.63, 3.8) is 0 Å². The Bertz CT molecular complexity index is 709. The Morgan fingerprint density at radius 3 is 2.46 bits per heavy atom. The van der Waals surface area contributed by atoms with Crippen molar-refractivity contribution >= 4 is 23.4 Å². The lowest BCUT2D eigenvalue weighted by Gasteiger charge is -2.24. The maximum absolute atomic E-state index is 12.6. The molecule has 0 bridgehead atoms. The van der Waals surface area contributed by atoms with Gasteiger partial charge in [0.05, 0.1) is 23.1 Å². The zero-order valence-corrected chi connectivity index (χ0v) is 16.1. The summed E-state index contributed by atoms with van der Waals surface area (Å²) < 4.78 is 1.78. The minimum Gasteiger partial charge on any atom is -0.322 e. The van der Waals surface area contributed by atoms with Gasteiger partial charge >= 0.3 is 0 Å². The van der Waals surface area contributed by atoms with E-state index in [1.165, 1.54) is 10.5 Å². The minimum absolute atomic E-state index is 0.0163. The highest BCUT2D eigenvalue weighted by molar-refractivity contribution is 7.98. The first-order chi connectivity index (χ1) is 11.3. The van der Waals surface area contributed by atoms with E-state index in [-0.39, 0.29) is 11.9 Å². The van der Waals surface area contributed by atoms with E-state index in [1.54, 1.807) is 16.4 Å². The molecule has 1 amide bonds. The second kappa shape index (κ2) is 7.85. The molecule has 1 aromatic carbocycles. The van der Waals surface area contributed by atoms with Gasteiger partial charge in [0.15, 0.2) is 0 Å². The molecule has 1 heterocycles. The second-order valence-corrected chi connectivity index (χ2v) is 6.98. The minimum atomic E-state index is -0.232. The number of carbonyl (C=O) groups excluding carboxylic acids is 1. The summed E-state index contributed by atoms with van der Waals surface area (Å²) in [6.45, 7) is 6.52. The lowest BCUT2D eigenvalue weighted by Crippen LogP contribution is -2.39. The number of carbonyl (C=O) groups is 1. The number of amides is 1. The van der Waals surface area contributed by atoms with Gasteiger partial charge in [-0.3, -0.25) is 14.4 Å². The highest BCUT2D eigenvalue weighted by atomic mass is 32.2. The summed E-state index contributed by atoms with van der Waals surface area (Å²) in [4.78, 5) is 15.9. The molecule has 5 nitrogen and oxygen atoms in total. The van der Waals surface area contributed by atoms with E-state index in [0.29, 0.717) is 0 Å². The largest absolute Gasteiger partial charge is 0.322 e. The maximum atomic E-state index is 12.6. The van der Waals surface area contributed by atoms with Crippen LogP contribution in [0, 0.1) is 13.8 Å². The van der Waals surface area contributed by atoms with Gasteiger partial charge in [0.25, 0.3) is 0 Å². The number of rotatable bonds is 6. The second-order valence-electron chi connectivity index (χ2n) is 6.10. The molecule has 130 valence electrons. The summed E-state index contributed by atoms with van der Waals surface area (Å²) in [5, 5.41) is 7.36. The number of aryl methyl sites for hydroxylation is 2. The van der Waals surface area contributed by atoms with Gasteiger partial charge in [-0.2, -0.15) is 5.10 Å². The molecule has 0 aliphatic heterocycles. The normalized spacial score (nSPS) is 12.5. The van der Waals surface area contributed by atoms with Gasteiger partial charge in [-0.05, 0) is 51.8 Å². The molecule has 1 unspecified atom stereocenters. The molecule has 0 saturated heterocycles. The van der Waals surface area contributed by atoms with Crippen molar-refractivity contribution in [3.05, 3.63) is 41.2 Å². The highest BCUT2D eigenvalue weighted by Crippen LogP contribution is 2.20. The summed E-state index contributed by atoms with van der Waals surface area (Å²) in [5.74, 6) is -0.0163. The van der Waals surface area contributed by atoms with Gasteiger partial charge in [0, 0.05) is 18.5 Å². The van der Waals surface area contributed by atoms with Gasteiger partial charge in [-0.15, -0.1) is 11.8 Å². The number of likely N-dealkylation sites (N-methyl/N-ethyl adjacent to an activating group) is 1. The monoisotopic (exact) mass is 346 g/mol. The molecule has 24 heavy (non-hydrogen) atoms. The smallest absolute Gasteiger partial charge is 0.241 e. The molecule has 0 spiro atoms. The molecule has 2 aromatic rings. The lowest BCUT2D eigenvalue weighted by atomic mass is 10.2. The van der Waals surface area contributed by atoms with E-state index in [0.717, 1.165) is 23.6 Å². The van der Waals surface area contributed by atoms with E-state index >= 15 is 0 Å². The van der Waals surface area contributed by atoms with Crippen LogP contribution < -0.4 is 5.32 Å². The van der Waals surface area contributed by atoms with E-state index in [2.05, 4.69) is 40.9 Å². The molecule has 0 radical (unpaired) electrons. The van der Waals surface area contributed by atoms with Crippen molar-refractivity contribution in [3.8, 4) is 0 Å². The number of benzene rings is 1. The average Bonchev–Trinajstić information content (AvgIpc) is 2.81. The third kappa shape index (κ3) is 4.19. The lowest BCUT2D eigenvalue weighted by molar-refractivity contribution is -0.120. The molecular weight excluding hydrogens is 320 g/mol.